The number of ether oxygens (including phenoxy) is 1. The third kappa shape index (κ3) is 1.48. The molecular weight excluding hydrogens is 266 g/mol. The lowest BCUT2D eigenvalue weighted by atomic mass is 9.78. The van der Waals surface area contributed by atoms with E-state index in [0.717, 1.165) is 11.1 Å². The topological polar surface area (TPSA) is 46.6 Å². The number of amides is 2. The zero-order valence-corrected chi connectivity index (χ0v) is 12.3. The first-order chi connectivity index (χ1) is 9.92. The van der Waals surface area contributed by atoms with Gasteiger partial charge in [-0.25, -0.2) is 4.90 Å². The Labute approximate surface area is 123 Å². The molecular formula is C17H17NO3. The maximum absolute atomic E-state index is 12.8. The van der Waals surface area contributed by atoms with Crippen LogP contribution in [-0.4, -0.2) is 23.5 Å². The molecule has 2 amide bonds. The lowest BCUT2D eigenvalue weighted by Crippen LogP contribution is -2.38. The van der Waals surface area contributed by atoms with E-state index in [9.17, 15) is 9.59 Å². The minimum atomic E-state index is -0.630. The van der Waals surface area contributed by atoms with E-state index >= 15 is 0 Å². The van der Waals surface area contributed by atoms with E-state index in [0.29, 0.717) is 5.69 Å². The van der Waals surface area contributed by atoms with E-state index in [4.69, 9.17) is 4.74 Å². The average molecular weight is 283 g/mol. The molecule has 2 bridgehead atoms. The molecule has 3 heterocycles. The number of aryl methyl sites for hydroxylation is 2. The van der Waals surface area contributed by atoms with Gasteiger partial charge in [0.05, 0.1) is 29.2 Å². The minimum absolute atomic E-state index is 0.130. The van der Waals surface area contributed by atoms with Crippen molar-refractivity contribution >= 4 is 17.5 Å². The van der Waals surface area contributed by atoms with E-state index in [1.165, 1.54) is 4.90 Å². The number of carbonyl (C=O) groups is 2. The molecule has 0 spiro atoms. The molecule has 4 nitrogen and oxygen atoms in total. The first kappa shape index (κ1) is 12.8. The number of anilines is 1. The third-order valence-electron chi connectivity index (χ3n) is 4.92. The summed E-state index contributed by atoms with van der Waals surface area (Å²) in [7, 11) is 0. The van der Waals surface area contributed by atoms with Crippen LogP contribution in [-0.2, 0) is 14.3 Å². The van der Waals surface area contributed by atoms with Gasteiger partial charge in [0.25, 0.3) is 0 Å². The molecule has 0 unspecified atom stereocenters. The number of imide groups is 1. The van der Waals surface area contributed by atoms with Crippen LogP contribution in [0.5, 0.6) is 0 Å². The zero-order chi connectivity index (χ0) is 14.9. The van der Waals surface area contributed by atoms with Gasteiger partial charge in [0, 0.05) is 0 Å². The fourth-order valence-corrected chi connectivity index (χ4v) is 3.95. The van der Waals surface area contributed by atoms with Crippen LogP contribution in [0.15, 0.2) is 30.4 Å². The van der Waals surface area contributed by atoms with Crippen molar-refractivity contribution in [2.45, 2.75) is 32.5 Å². The number of fused-ring (bicyclic) bond motifs is 5. The summed E-state index contributed by atoms with van der Waals surface area (Å²) in [5.41, 5.74) is 2.14. The molecule has 0 radical (unpaired) electrons. The molecule has 2 fully saturated rings. The second kappa shape index (κ2) is 3.83. The van der Waals surface area contributed by atoms with Crippen LogP contribution in [0.2, 0.25) is 0 Å². The normalized spacial score (nSPS) is 36.7. The number of rotatable bonds is 1. The molecule has 1 aromatic rings. The molecule has 0 N–H and O–H groups in total. The zero-order valence-electron chi connectivity index (χ0n) is 12.3. The summed E-state index contributed by atoms with van der Waals surface area (Å²) in [4.78, 5) is 26.9. The monoisotopic (exact) mass is 283 g/mol. The van der Waals surface area contributed by atoms with E-state index in [2.05, 4.69) is 0 Å². The van der Waals surface area contributed by atoms with Crippen molar-refractivity contribution in [3.8, 4) is 0 Å². The van der Waals surface area contributed by atoms with E-state index in [-0.39, 0.29) is 29.8 Å². The maximum Gasteiger partial charge on any atom is 0.241 e. The van der Waals surface area contributed by atoms with Gasteiger partial charge in [0.15, 0.2) is 0 Å². The third-order valence-corrected chi connectivity index (χ3v) is 4.92. The van der Waals surface area contributed by atoms with Crippen molar-refractivity contribution in [1.29, 1.82) is 0 Å². The van der Waals surface area contributed by atoms with Crippen LogP contribution < -0.4 is 4.90 Å². The molecule has 3 aliphatic heterocycles. The second-order valence-corrected chi connectivity index (χ2v) is 6.43. The van der Waals surface area contributed by atoms with Crippen molar-refractivity contribution in [2.75, 3.05) is 4.90 Å². The van der Waals surface area contributed by atoms with Gasteiger partial charge in [-0.1, -0.05) is 29.8 Å². The summed E-state index contributed by atoms with van der Waals surface area (Å²) in [6.07, 6.45) is 3.58. The van der Waals surface area contributed by atoms with Gasteiger partial charge in [-0.3, -0.25) is 9.59 Å². The molecule has 21 heavy (non-hydrogen) atoms. The fourth-order valence-electron chi connectivity index (χ4n) is 3.95. The van der Waals surface area contributed by atoms with Crippen molar-refractivity contribution in [3.63, 3.8) is 0 Å². The molecule has 108 valence electrons. The highest BCUT2D eigenvalue weighted by Gasteiger charge is 2.66. The SMILES string of the molecule is Cc1ccc(N2C(=O)[C@H]3[C@@H](C2=O)[C@@]2(C)C=C[C@H]3O2)c(C)c1. The summed E-state index contributed by atoms with van der Waals surface area (Å²) in [5, 5.41) is 0. The van der Waals surface area contributed by atoms with Crippen LogP contribution in [0.4, 0.5) is 5.69 Å². The highest BCUT2D eigenvalue weighted by molar-refractivity contribution is 6.23. The first-order valence-electron chi connectivity index (χ1n) is 7.24. The van der Waals surface area contributed by atoms with Crippen LogP contribution in [0, 0.1) is 25.7 Å². The summed E-state index contributed by atoms with van der Waals surface area (Å²) in [6, 6.07) is 5.79. The molecule has 0 aromatic heterocycles. The lowest BCUT2D eigenvalue weighted by Gasteiger charge is -2.24. The number of benzene rings is 1. The highest BCUT2D eigenvalue weighted by atomic mass is 16.5. The molecule has 4 atom stereocenters. The largest absolute Gasteiger partial charge is 0.362 e. The smallest absolute Gasteiger partial charge is 0.241 e. The van der Waals surface area contributed by atoms with Crippen LogP contribution >= 0.6 is 0 Å². The summed E-state index contributed by atoms with van der Waals surface area (Å²) < 4.78 is 5.82. The van der Waals surface area contributed by atoms with Gasteiger partial charge in [-0.15, -0.1) is 0 Å². The summed E-state index contributed by atoms with van der Waals surface area (Å²) in [6.45, 7) is 5.82. The summed E-state index contributed by atoms with van der Waals surface area (Å²) in [5.74, 6) is -1.02. The Balaban J connectivity index is 1.80. The quantitative estimate of drug-likeness (QED) is 0.586. The Hall–Kier alpha value is -1.94. The Morgan fingerprint density at radius 1 is 1.19 bits per heavy atom. The van der Waals surface area contributed by atoms with Crippen molar-refractivity contribution in [3.05, 3.63) is 41.5 Å². The predicted molar refractivity (Wildman–Crippen MR) is 77.8 cm³/mol. The van der Waals surface area contributed by atoms with E-state index in [1.54, 1.807) is 0 Å². The standard InChI is InChI=1S/C17H17NO3/c1-9-4-5-11(10(2)8-9)18-15(19)13-12-6-7-17(3,21-12)14(13)16(18)20/h4-8,12-14H,1-3H3/t12-,13-,14+,17-/m1/s1. The molecule has 4 rings (SSSR count). The highest BCUT2D eigenvalue weighted by Crippen LogP contribution is 2.52. The van der Waals surface area contributed by atoms with Gasteiger partial charge >= 0.3 is 0 Å². The minimum Gasteiger partial charge on any atom is -0.362 e. The Morgan fingerprint density at radius 2 is 1.95 bits per heavy atom. The van der Waals surface area contributed by atoms with Crippen LogP contribution in [0.1, 0.15) is 18.1 Å². The number of nitrogens with zero attached hydrogens (tertiary/aromatic N) is 1. The molecule has 0 aliphatic carbocycles. The molecule has 2 saturated heterocycles. The van der Waals surface area contributed by atoms with Crippen LogP contribution in [0.25, 0.3) is 0 Å². The molecule has 0 saturated carbocycles. The van der Waals surface area contributed by atoms with E-state index < -0.39 is 5.60 Å². The van der Waals surface area contributed by atoms with Crippen molar-refractivity contribution in [1.82, 2.24) is 0 Å². The molecule has 1 aromatic carbocycles. The lowest BCUT2D eigenvalue weighted by molar-refractivity contribution is -0.126. The van der Waals surface area contributed by atoms with Gasteiger partial charge in [-0.2, -0.15) is 0 Å². The molecule has 4 heteroatoms. The summed E-state index contributed by atoms with van der Waals surface area (Å²) >= 11 is 0. The number of carbonyl (C=O) groups excluding carboxylic acids is 2. The van der Waals surface area contributed by atoms with Crippen molar-refractivity contribution in [2.24, 2.45) is 11.8 Å². The van der Waals surface area contributed by atoms with Gasteiger partial charge < -0.3 is 4.74 Å². The Bertz CT molecular complexity index is 708. The number of hydrogen-bond acceptors (Lipinski definition) is 3. The fraction of sp³-hybridized carbons (Fsp3) is 0.412. The first-order valence-corrected chi connectivity index (χ1v) is 7.24. The average Bonchev–Trinajstić information content (AvgIpc) is 3.01. The Kier molecular flexibility index (Phi) is 2.33. The maximum atomic E-state index is 12.8. The van der Waals surface area contributed by atoms with Gasteiger partial charge in [0.1, 0.15) is 0 Å². The molecule has 3 aliphatic rings. The van der Waals surface area contributed by atoms with Gasteiger partial charge in [-0.05, 0) is 32.4 Å². The van der Waals surface area contributed by atoms with Gasteiger partial charge in [0.2, 0.25) is 11.8 Å². The van der Waals surface area contributed by atoms with E-state index in [1.807, 2.05) is 51.1 Å². The second-order valence-electron chi connectivity index (χ2n) is 6.43. The Morgan fingerprint density at radius 3 is 2.62 bits per heavy atom. The number of hydrogen-bond donors (Lipinski definition) is 0. The van der Waals surface area contributed by atoms with Crippen molar-refractivity contribution < 1.29 is 14.3 Å². The van der Waals surface area contributed by atoms with Crippen LogP contribution in [0.3, 0.4) is 0 Å². The predicted octanol–water partition coefficient (Wildman–Crippen LogP) is 2.14.